The summed E-state index contributed by atoms with van der Waals surface area (Å²) in [4.78, 5) is 29.0. The van der Waals surface area contributed by atoms with E-state index in [4.69, 9.17) is 5.73 Å². The van der Waals surface area contributed by atoms with Crippen molar-refractivity contribution in [3.8, 4) is 0 Å². The van der Waals surface area contributed by atoms with Crippen LogP contribution in [0.25, 0.3) is 0 Å². The Morgan fingerprint density at radius 3 is 2.26 bits per heavy atom. The number of benzene rings is 1. The molecule has 1 aromatic carbocycles. The molecular formula is C20H33ClN4O2. The van der Waals surface area contributed by atoms with Gasteiger partial charge in [0.05, 0.1) is 0 Å². The summed E-state index contributed by atoms with van der Waals surface area (Å²) in [6.45, 7) is 7.11. The normalized spacial score (nSPS) is 15.4. The predicted molar refractivity (Wildman–Crippen MR) is 112 cm³/mol. The van der Waals surface area contributed by atoms with Gasteiger partial charge in [0.1, 0.15) is 0 Å². The van der Waals surface area contributed by atoms with E-state index < -0.39 is 0 Å². The van der Waals surface area contributed by atoms with Crippen LogP contribution in [0.2, 0.25) is 0 Å². The first-order chi connectivity index (χ1) is 12.2. The van der Waals surface area contributed by atoms with Gasteiger partial charge in [-0.05, 0) is 56.6 Å². The van der Waals surface area contributed by atoms with Crippen molar-refractivity contribution < 1.29 is 9.59 Å². The van der Waals surface area contributed by atoms with Gasteiger partial charge in [-0.3, -0.25) is 9.59 Å². The zero-order chi connectivity index (χ0) is 19.3. The van der Waals surface area contributed by atoms with Crippen LogP contribution >= 0.6 is 12.4 Å². The Hall–Kier alpha value is -1.79. The molecule has 0 aromatic heterocycles. The Morgan fingerprint density at radius 1 is 1.19 bits per heavy atom. The minimum absolute atomic E-state index is 0. The standard InChI is InChI=1S/C20H32N4O2.ClH/c1-20(2,14-23(3)4)13-22-18(25)15-9-11-24(12-10-15)19(26)16-5-7-17(21)8-6-16;/h5-8,15H,9-14,21H2,1-4H3,(H,22,25);1H. The summed E-state index contributed by atoms with van der Waals surface area (Å²) in [6, 6.07) is 6.98. The summed E-state index contributed by atoms with van der Waals surface area (Å²) >= 11 is 0. The number of piperidine rings is 1. The van der Waals surface area contributed by atoms with Gasteiger partial charge in [-0.2, -0.15) is 0 Å². The van der Waals surface area contributed by atoms with Crippen molar-refractivity contribution in [1.29, 1.82) is 0 Å². The van der Waals surface area contributed by atoms with Crippen LogP contribution in [0.15, 0.2) is 24.3 Å². The average molecular weight is 397 g/mol. The number of nitrogens with zero attached hydrogens (tertiary/aromatic N) is 2. The van der Waals surface area contributed by atoms with Crippen molar-refractivity contribution in [3.63, 3.8) is 0 Å². The van der Waals surface area contributed by atoms with E-state index >= 15 is 0 Å². The highest BCUT2D eigenvalue weighted by Gasteiger charge is 2.29. The SMILES string of the molecule is CN(C)CC(C)(C)CNC(=O)C1CCN(C(=O)c2ccc(N)cc2)CC1.Cl. The van der Waals surface area contributed by atoms with E-state index in [1.54, 1.807) is 24.3 Å². The third-order valence-electron chi connectivity index (χ3n) is 4.80. The Morgan fingerprint density at radius 2 is 1.74 bits per heavy atom. The van der Waals surface area contributed by atoms with Gasteiger partial charge in [0, 0.05) is 43.3 Å². The van der Waals surface area contributed by atoms with Gasteiger partial charge in [0.25, 0.3) is 5.91 Å². The number of carbonyl (C=O) groups excluding carboxylic acids is 2. The third-order valence-corrected chi connectivity index (χ3v) is 4.80. The van der Waals surface area contributed by atoms with Crippen LogP contribution in [0.1, 0.15) is 37.0 Å². The number of amides is 2. The number of nitrogen functional groups attached to an aromatic ring is 1. The highest BCUT2D eigenvalue weighted by Crippen LogP contribution is 2.21. The zero-order valence-electron chi connectivity index (χ0n) is 16.8. The maximum atomic E-state index is 12.5. The van der Waals surface area contributed by atoms with Crippen LogP contribution in [-0.4, -0.2) is 61.9 Å². The molecule has 7 heteroatoms. The Labute approximate surface area is 168 Å². The van der Waals surface area contributed by atoms with E-state index in [0.29, 0.717) is 43.7 Å². The number of nitrogens with two attached hydrogens (primary N) is 1. The molecule has 2 amide bonds. The molecule has 1 saturated heterocycles. The van der Waals surface area contributed by atoms with Crippen LogP contribution in [-0.2, 0) is 4.79 Å². The molecule has 1 aromatic rings. The van der Waals surface area contributed by atoms with E-state index in [-0.39, 0.29) is 35.6 Å². The lowest BCUT2D eigenvalue weighted by molar-refractivity contribution is -0.126. The van der Waals surface area contributed by atoms with E-state index in [1.165, 1.54) is 0 Å². The molecule has 3 N–H and O–H groups in total. The van der Waals surface area contributed by atoms with Crippen molar-refractivity contribution in [2.24, 2.45) is 11.3 Å². The summed E-state index contributed by atoms with van der Waals surface area (Å²) in [5.41, 5.74) is 7.00. The summed E-state index contributed by atoms with van der Waals surface area (Å²) < 4.78 is 0. The fourth-order valence-electron chi connectivity index (χ4n) is 3.54. The molecule has 2 rings (SSSR count). The van der Waals surface area contributed by atoms with Gasteiger partial charge >= 0.3 is 0 Å². The summed E-state index contributed by atoms with van der Waals surface area (Å²) in [6.07, 6.45) is 1.42. The van der Waals surface area contributed by atoms with Gasteiger partial charge in [-0.25, -0.2) is 0 Å². The molecule has 6 nitrogen and oxygen atoms in total. The minimum Gasteiger partial charge on any atom is -0.399 e. The lowest BCUT2D eigenvalue weighted by Crippen LogP contribution is -2.46. The molecule has 1 aliphatic rings. The largest absolute Gasteiger partial charge is 0.399 e. The monoisotopic (exact) mass is 396 g/mol. The van der Waals surface area contributed by atoms with E-state index in [2.05, 4.69) is 24.1 Å². The fraction of sp³-hybridized carbons (Fsp3) is 0.600. The quantitative estimate of drug-likeness (QED) is 0.723. The number of rotatable bonds is 6. The van der Waals surface area contributed by atoms with Crippen molar-refractivity contribution in [2.75, 3.05) is 46.0 Å². The van der Waals surface area contributed by atoms with Gasteiger partial charge in [-0.1, -0.05) is 13.8 Å². The van der Waals surface area contributed by atoms with E-state index in [0.717, 1.165) is 6.54 Å². The summed E-state index contributed by atoms with van der Waals surface area (Å²) in [7, 11) is 4.08. The summed E-state index contributed by atoms with van der Waals surface area (Å²) in [5.74, 6) is 0.105. The van der Waals surface area contributed by atoms with Gasteiger partial charge in [0.15, 0.2) is 0 Å². The number of halogens is 1. The maximum absolute atomic E-state index is 12.5. The molecule has 1 aliphatic heterocycles. The number of hydrogen-bond acceptors (Lipinski definition) is 4. The second-order valence-corrected chi connectivity index (χ2v) is 8.31. The van der Waals surface area contributed by atoms with Crippen molar-refractivity contribution >= 4 is 29.9 Å². The minimum atomic E-state index is -0.0133. The van der Waals surface area contributed by atoms with Crippen LogP contribution < -0.4 is 11.1 Å². The zero-order valence-corrected chi connectivity index (χ0v) is 17.6. The molecule has 0 radical (unpaired) electrons. The average Bonchev–Trinajstić information content (AvgIpc) is 2.59. The van der Waals surface area contributed by atoms with Crippen LogP contribution in [0.4, 0.5) is 5.69 Å². The maximum Gasteiger partial charge on any atom is 0.253 e. The lowest BCUT2D eigenvalue weighted by Gasteiger charge is -2.33. The van der Waals surface area contributed by atoms with Crippen molar-refractivity contribution in [3.05, 3.63) is 29.8 Å². The second kappa shape index (κ2) is 9.95. The first-order valence-corrected chi connectivity index (χ1v) is 9.25. The third kappa shape index (κ3) is 7.03. The second-order valence-electron chi connectivity index (χ2n) is 8.31. The van der Waals surface area contributed by atoms with Crippen molar-refractivity contribution in [1.82, 2.24) is 15.1 Å². The first kappa shape index (κ1) is 23.2. The summed E-state index contributed by atoms with van der Waals surface area (Å²) in [5, 5.41) is 3.10. The van der Waals surface area contributed by atoms with E-state index in [1.807, 2.05) is 19.0 Å². The number of nitrogens with one attached hydrogen (secondary N) is 1. The molecule has 1 fully saturated rings. The van der Waals surface area contributed by atoms with Gasteiger partial charge < -0.3 is 20.9 Å². The predicted octanol–water partition coefficient (Wildman–Crippen LogP) is 2.25. The molecular weight excluding hydrogens is 364 g/mol. The van der Waals surface area contributed by atoms with Gasteiger partial charge in [0.2, 0.25) is 5.91 Å². The van der Waals surface area contributed by atoms with Crippen molar-refractivity contribution in [2.45, 2.75) is 26.7 Å². The topological polar surface area (TPSA) is 78.7 Å². The lowest BCUT2D eigenvalue weighted by atomic mass is 9.91. The van der Waals surface area contributed by atoms with E-state index in [9.17, 15) is 9.59 Å². The molecule has 0 atom stereocenters. The van der Waals surface area contributed by atoms with Crippen LogP contribution in [0.3, 0.4) is 0 Å². The fourth-order valence-corrected chi connectivity index (χ4v) is 3.54. The molecule has 152 valence electrons. The highest BCUT2D eigenvalue weighted by molar-refractivity contribution is 5.94. The van der Waals surface area contributed by atoms with Crippen LogP contribution in [0.5, 0.6) is 0 Å². The molecule has 0 saturated carbocycles. The molecule has 0 bridgehead atoms. The number of likely N-dealkylation sites (tertiary alicyclic amines) is 1. The Bertz CT molecular complexity index is 623. The first-order valence-electron chi connectivity index (χ1n) is 9.25. The molecule has 0 spiro atoms. The molecule has 1 heterocycles. The number of anilines is 1. The Balaban J connectivity index is 0.00000364. The number of hydrogen-bond donors (Lipinski definition) is 2. The highest BCUT2D eigenvalue weighted by atomic mass is 35.5. The molecule has 27 heavy (non-hydrogen) atoms. The van der Waals surface area contributed by atoms with Crippen LogP contribution in [0, 0.1) is 11.3 Å². The molecule has 0 unspecified atom stereocenters. The smallest absolute Gasteiger partial charge is 0.253 e. The Kier molecular flexibility index (Phi) is 8.57. The molecule has 0 aliphatic carbocycles. The van der Waals surface area contributed by atoms with Gasteiger partial charge in [-0.15, -0.1) is 12.4 Å². The number of carbonyl (C=O) groups is 2.